The van der Waals surface area contributed by atoms with Crippen LogP contribution in [0.1, 0.15) is 0 Å². The summed E-state index contributed by atoms with van der Waals surface area (Å²) >= 11 is 0. The van der Waals surface area contributed by atoms with Gasteiger partial charge in [-0.2, -0.15) is 0 Å². The van der Waals surface area contributed by atoms with E-state index in [0.29, 0.717) is 0 Å². The second-order valence-electron chi connectivity index (χ2n) is 0.578. The minimum atomic E-state index is 0. The molecule has 0 bridgehead atoms. The van der Waals surface area contributed by atoms with Crippen molar-refractivity contribution in [2.45, 2.75) is 0 Å². The van der Waals surface area contributed by atoms with Crippen molar-refractivity contribution in [1.82, 2.24) is 10.2 Å². The van der Waals surface area contributed by atoms with Gasteiger partial charge in [0, 0.05) is 0 Å². The van der Waals surface area contributed by atoms with Crippen molar-refractivity contribution in [1.29, 1.82) is 0 Å². The van der Waals surface area contributed by atoms with Gasteiger partial charge >= 0.3 is 29.6 Å². The Balaban J connectivity index is 0. The molecule has 34 valence electrons. The van der Waals surface area contributed by atoms with E-state index in [1.807, 2.05) is 0 Å². The summed E-state index contributed by atoms with van der Waals surface area (Å²) in [5, 5.41) is 6.61. The number of rotatable bonds is 0. The van der Waals surface area contributed by atoms with Crippen LogP contribution in [0.4, 0.5) is 0 Å². The van der Waals surface area contributed by atoms with Crippen LogP contribution in [-0.4, -0.2) is 15.7 Å². The fourth-order valence-corrected chi connectivity index (χ4v) is 0.136. The van der Waals surface area contributed by atoms with Crippen molar-refractivity contribution < 1.29 is 39.5 Å². The van der Waals surface area contributed by atoms with Crippen LogP contribution in [0.15, 0.2) is 17.2 Å². The van der Waals surface area contributed by atoms with Crippen LogP contribution in [0.3, 0.4) is 0 Å². The molecule has 1 heterocycles. The zero-order valence-electron chi connectivity index (χ0n) is 3.90. The Morgan fingerprint density at radius 2 is 1.57 bits per heavy atom. The molecule has 0 saturated heterocycles. The summed E-state index contributed by atoms with van der Waals surface area (Å²) in [7, 11) is 0. The smallest absolute Gasteiger partial charge is 0.870 e. The first-order chi connectivity index (χ1) is 2.50. The number of nitrogens with zero attached hydrogens (tertiary/aromatic N) is 2. The molecule has 5 heteroatoms. The summed E-state index contributed by atoms with van der Waals surface area (Å²) in [5.41, 5.74) is 0. The fourth-order valence-electron chi connectivity index (χ4n) is 0.136. The van der Waals surface area contributed by atoms with E-state index in [9.17, 15) is 0 Å². The molecule has 1 rings (SSSR count). The SMILES string of the molecule is [Na+].[OH-].c1nnco1. The van der Waals surface area contributed by atoms with Crippen molar-refractivity contribution in [3.8, 4) is 0 Å². The molecule has 1 N–H and O–H groups in total. The summed E-state index contributed by atoms with van der Waals surface area (Å²) in [6.45, 7) is 0. The molecule has 0 aliphatic heterocycles. The molecule has 1 aromatic heterocycles. The quantitative estimate of drug-likeness (QED) is 0.331. The Labute approximate surface area is 62.5 Å². The Bertz CT molecular complexity index is 70.2. The molecule has 7 heavy (non-hydrogen) atoms. The normalized spacial score (nSPS) is 5.71. The molecule has 0 aromatic carbocycles. The average molecular weight is 110 g/mol. The molecule has 0 aliphatic carbocycles. The molecule has 0 unspecified atom stereocenters. The first kappa shape index (κ1) is 10.2. The van der Waals surface area contributed by atoms with E-state index < -0.39 is 0 Å². The summed E-state index contributed by atoms with van der Waals surface area (Å²) in [6.07, 6.45) is 2.53. The standard InChI is InChI=1S/C2H2N2O.Na.H2O/c1-3-4-2-5-1;;/h1-2H;;1H2/q;+1;/p-1. The van der Waals surface area contributed by atoms with Gasteiger partial charge in [-0.1, -0.05) is 0 Å². The third-order valence-electron chi connectivity index (χ3n) is 0.283. The molecule has 0 amide bonds. The predicted octanol–water partition coefficient (Wildman–Crippen LogP) is -3.10. The van der Waals surface area contributed by atoms with Crippen LogP contribution < -0.4 is 29.6 Å². The summed E-state index contributed by atoms with van der Waals surface area (Å²) in [4.78, 5) is 0. The van der Waals surface area contributed by atoms with Gasteiger partial charge in [0.2, 0.25) is 12.8 Å². The fraction of sp³-hybridized carbons (Fsp3) is 0. The average Bonchev–Trinajstić information content (AvgIpc) is 1.76. The van der Waals surface area contributed by atoms with Gasteiger partial charge in [-0.25, -0.2) is 0 Å². The van der Waals surface area contributed by atoms with Gasteiger partial charge < -0.3 is 9.89 Å². The van der Waals surface area contributed by atoms with Gasteiger partial charge in [0.1, 0.15) is 0 Å². The molecular weight excluding hydrogens is 107 g/mol. The molecule has 4 nitrogen and oxygen atoms in total. The van der Waals surface area contributed by atoms with Crippen LogP contribution in [0.25, 0.3) is 0 Å². The van der Waals surface area contributed by atoms with Crippen molar-refractivity contribution in [2.75, 3.05) is 0 Å². The van der Waals surface area contributed by atoms with Crippen molar-refractivity contribution in [3.05, 3.63) is 12.8 Å². The van der Waals surface area contributed by atoms with Crippen LogP contribution >= 0.6 is 0 Å². The van der Waals surface area contributed by atoms with Crippen molar-refractivity contribution in [2.24, 2.45) is 0 Å². The van der Waals surface area contributed by atoms with E-state index in [-0.39, 0.29) is 35.0 Å². The number of hydrogen-bond donors (Lipinski definition) is 0. The van der Waals surface area contributed by atoms with E-state index in [2.05, 4.69) is 14.6 Å². The second kappa shape index (κ2) is 6.10. The summed E-state index contributed by atoms with van der Waals surface area (Å²) in [6, 6.07) is 0. The first-order valence-corrected chi connectivity index (χ1v) is 1.19. The van der Waals surface area contributed by atoms with E-state index in [4.69, 9.17) is 0 Å². The Morgan fingerprint density at radius 3 is 1.71 bits per heavy atom. The van der Waals surface area contributed by atoms with Gasteiger partial charge in [0.05, 0.1) is 0 Å². The molecule has 1 aromatic rings. The van der Waals surface area contributed by atoms with Crippen LogP contribution in [0.5, 0.6) is 0 Å². The van der Waals surface area contributed by atoms with Crippen LogP contribution in [-0.2, 0) is 0 Å². The van der Waals surface area contributed by atoms with E-state index >= 15 is 0 Å². The first-order valence-electron chi connectivity index (χ1n) is 1.19. The molecule has 0 saturated carbocycles. The van der Waals surface area contributed by atoms with Crippen LogP contribution in [0.2, 0.25) is 0 Å². The Kier molecular flexibility index (Phi) is 8.85. The number of hydrogen-bond acceptors (Lipinski definition) is 4. The molecule has 0 atom stereocenters. The van der Waals surface area contributed by atoms with Gasteiger partial charge in [-0.05, 0) is 0 Å². The largest absolute Gasteiger partial charge is 1.00 e. The van der Waals surface area contributed by atoms with Gasteiger partial charge in [0.25, 0.3) is 0 Å². The van der Waals surface area contributed by atoms with Gasteiger partial charge in [0.15, 0.2) is 0 Å². The van der Waals surface area contributed by atoms with E-state index in [0.717, 1.165) is 0 Å². The third-order valence-corrected chi connectivity index (χ3v) is 0.283. The predicted molar refractivity (Wildman–Crippen MR) is 16.2 cm³/mol. The topological polar surface area (TPSA) is 68.9 Å². The molecular formula is C2H3N2NaO2. The van der Waals surface area contributed by atoms with Crippen LogP contribution in [0, 0.1) is 0 Å². The van der Waals surface area contributed by atoms with Crippen molar-refractivity contribution >= 4 is 0 Å². The molecule has 0 aliphatic rings. The van der Waals surface area contributed by atoms with Gasteiger partial charge in [-0.15, -0.1) is 10.2 Å². The Hall–Kier alpha value is 0.1000. The third kappa shape index (κ3) is 3.94. The van der Waals surface area contributed by atoms with Crippen molar-refractivity contribution in [3.63, 3.8) is 0 Å². The minimum absolute atomic E-state index is 0. The maximum absolute atomic E-state index is 4.36. The summed E-state index contributed by atoms with van der Waals surface area (Å²) in [5.74, 6) is 0. The second-order valence-corrected chi connectivity index (χ2v) is 0.578. The molecule has 0 spiro atoms. The van der Waals surface area contributed by atoms with E-state index in [1.165, 1.54) is 12.8 Å². The van der Waals surface area contributed by atoms with Gasteiger partial charge in [-0.3, -0.25) is 0 Å². The molecule has 0 fully saturated rings. The van der Waals surface area contributed by atoms with E-state index in [1.54, 1.807) is 0 Å². The maximum Gasteiger partial charge on any atom is 1.00 e. The Morgan fingerprint density at radius 1 is 1.14 bits per heavy atom. The maximum atomic E-state index is 4.36. The molecule has 0 radical (unpaired) electrons. The number of aromatic nitrogens is 2. The summed E-state index contributed by atoms with van der Waals surface area (Å²) < 4.78 is 4.36. The zero-order chi connectivity index (χ0) is 3.54. The minimum Gasteiger partial charge on any atom is -0.870 e. The zero-order valence-corrected chi connectivity index (χ0v) is 5.90. The monoisotopic (exact) mass is 110 g/mol.